The molecule has 1 heterocycles. The second-order valence-corrected chi connectivity index (χ2v) is 3.54. The van der Waals surface area contributed by atoms with E-state index in [0.29, 0.717) is 5.41 Å². The normalized spacial score (nSPS) is 47.7. The minimum absolute atomic E-state index is 0.242. The van der Waals surface area contributed by atoms with Crippen molar-refractivity contribution in [3.05, 3.63) is 0 Å². The molecular weight excluding hydrogens is 114 g/mol. The maximum Gasteiger partial charge on any atom is 0.220 e. The molecule has 2 fully saturated rings. The van der Waals surface area contributed by atoms with Crippen molar-refractivity contribution in [1.29, 1.82) is 0 Å². The standard InChI is InChI=1S/C7H11NO/c1-7-2-5(7)4-8-6(9)3-7/h5H,2-4H2,1H3,(H,8,9). The summed E-state index contributed by atoms with van der Waals surface area (Å²) >= 11 is 0. The first-order valence-corrected chi connectivity index (χ1v) is 3.47. The monoisotopic (exact) mass is 125 g/mol. The minimum atomic E-state index is 0.242. The Bertz CT molecular complexity index is 166. The summed E-state index contributed by atoms with van der Waals surface area (Å²) in [6.07, 6.45) is 2.02. The second-order valence-electron chi connectivity index (χ2n) is 3.54. The van der Waals surface area contributed by atoms with E-state index in [1.54, 1.807) is 0 Å². The molecule has 2 aliphatic rings. The first-order valence-electron chi connectivity index (χ1n) is 3.47. The first kappa shape index (κ1) is 5.27. The van der Waals surface area contributed by atoms with Crippen molar-refractivity contribution in [3.8, 4) is 0 Å². The van der Waals surface area contributed by atoms with Gasteiger partial charge in [0.1, 0.15) is 0 Å². The van der Waals surface area contributed by atoms with E-state index in [-0.39, 0.29) is 5.91 Å². The summed E-state index contributed by atoms with van der Waals surface area (Å²) in [7, 11) is 0. The molecule has 2 nitrogen and oxygen atoms in total. The predicted octanol–water partition coefficient (Wildman–Crippen LogP) is 0.532. The third-order valence-corrected chi connectivity index (χ3v) is 2.65. The average molecular weight is 125 g/mol. The lowest BCUT2D eigenvalue weighted by atomic mass is 9.99. The van der Waals surface area contributed by atoms with Gasteiger partial charge >= 0.3 is 0 Å². The van der Waals surface area contributed by atoms with Crippen LogP contribution >= 0.6 is 0 Å². The maximum atomic E-state index is 10.8. The van der Waals surface area contributed by atoms with Crippen LogP contribution in [0.3, 0.4) is 0 Å². The Labute approximate surface area is 54.6 Å². The van der Waals surface area contributed by atoms with Crippen LogP contribution in [0.1, 0.15) is 19.8 Å². The lowest BCUT2D eigenvalue weighted by Gasteiger charge is -2.16. The Morgan fingerprint density at radius 2 is 2.56 bits per heavy atom. The van der Waals surface area contributed by atoms with Gasteiger partial charge in [-0.1, -0.05) is 6.92 Å². The van der Waals surface area contributed by atoms with Gasteiger partial charge < -0.3 is 5.32 Å². The molecule has 50 valence electrons. The van der Waals surface area contributed by atoms with Crippen molar-refractivity contribution in [2.24, 2.45) is 11.3 Å². The van der Waals surface area contributed by atoms with Crippen molar-refractivity contribution >= 4 is 5.91 Å². The van der Waals surface area contributed by atoms with Crippen LogP contribution in [0.25, 0.3) is 0 Å². The second kappa shape index (κ2) is 1.31. The number of rotatable bonds is 0. The zero-order chi connectivity index (χ0) is 6.48. The van der Waals surface area contributed by atoms with Crippen LogP contribution in [0.5, 0.6) is 0 Å². The van der Waals surface area contributed by atoms with E-state index in [1.165, 1.54) is 6.42 Å². The minimum Gasteiger partial charge on any atom is -0.356 e. The van der Waals surface area contributed by atoms with E-state index in [1.807, 2.05) is 0 Å². The summed E-state index contributed by atoms with van der Waals surface area (Å²) < 4.78 is 0. The molecule has 1 saturated carbocycles. The van der Waals surface area contributed by atoms with Crippen molar-refractivity contribution in [1.82, 2.24) is 5.32 Å². The number of hydrogen-bond acceptors (Lipinski definition) is 1. The molecule has 0 aromatic rings. The molecule has 2 rings (SSSR count). The third kappa shape index (κ3) is 0.655. The van der Waals surface area contributed by atoms with Crippen molar-refractivity contribution in [2.75, 3.05) is 6.54 Å². The fraction of sp³-hybridized carbons (Fsp3) is 0.857. The Hall–Kier alpha value is -0.530. The van der Waals surface area contributed by atoms with E-state index in [2.05, 4.69) is 12.2 Å². The molecule has 1 aliphatic carbocycles. The van der Waals surface area contributed by atoms with E-state index in [0.717, 1.165) is 18.9 Å². The SMILES string of the molecule is CC12CC(=O)NCC1C2. The first-order chi connectivity index (χ1) is 4.21. The van der Waals surface area contributed by atoms with Crippen molar-refractivity contribution in [3.63, 3.8) is 0 Å². The molecule has 1 amide bonds. The zero-order valence-corrected chi connectivity index (χ0v) is 5.61. The largest absolute Gasteiger partial charge is 0.356 e. The molecule has 2 unspecified atom stereocenters. The van der Waals surface area contributed by atoms with Crippen LogP contribution in [0.2, 0.25) is 0 Å². The highest BCUT2D eigenvalue weighted by Gasteiger charge is 2.53. The molecule has 1 aliphatic heterocycles. The molecule has 0 bridgehead atoms. The smallest absolute Gasteiger partial charge is 0.220 e. The third-order valence-electron chi connectivity index (χ3n) is 2.65. The molecule has 2 heteroatoms. The quantitative estimate of drug-likeness (QED) is 0.502. The molecule has 1 saturated heterocycles. The van der Waals surface area contributed by atoms with E-state index in [9.17, 15) is 4.79 Å². The predicted molar refractivity (Wildman–Crippen MR) is 33.8 cm³/mol. The van der Waals surface area contributed by atoms with Gasteiger partial charge in [-0.05, 0) is 17.8 Å². The van der Waals surface area contributed by atoms with Crippen molar-refractivity contribution in [2.45, 2.75) is 19.8 Å². The highest BCUT2D eigenvalue weighted by molar-refractivity contribution is 5.78. The topological polar surface area (TPSA) is 29.1 Å². The van der Waals surface area contributed by atoms with Gasteiger partial charge in [-0.15, -0.1) is 0 Å². The Kier molecular flexibility index (Phi) is 0.765. The summed E-state index contributed by atoms with van der Waals surface area (Å²) in [5, 5.41) is 2.86. The van der Waals surface area contributed by atoms with Gasteiger partial charge in [-0.3, -0.25) is 4.79 Å². The highest BCUT2D eigenvalue weighted by Crippen LogP contribution is 2.55. The Balaban J connectivity index is 2.11. The number of fused-ring (bicyclic) bond motifs is 1. The van der Waals surface area contributed by atoms with Crippen LogP contribution in [0, 0.1) is 11.3 Å². The molecule has 2 atom stereocenters. The zero-order valence-electron chi connectivity index (χ0n) is 5.61. The molecule has 1 N–H and O–H groups in total. The van der Waals surface area contributed by atoms with Gasteiger partial charge in [0.2, 0.25) is 5.91 Å². The van der Waals surface area contributed by atoms with Gasteiger partial charge in [0, 0.05) is 13.0 Å². The summed E-state index contributed by atoms with van der Waals surface area (Å²) in [6.45, 7) is 3.13. The van der Waals surface area contributed by atoms with Crippen LogP contribution in [-0.2, 0) is 4.79 Å². The van der Waals surface area contributed by atoms with Crippen LogP contribution in [-0.4, -0.2) is 12.5 Å². The number of nitrogens with one attached hydrogen (secondary N) is 1. The number of carbonyl (C=O) groups is 1. The summed E-state index contributed by atoms with van der Waals surface area (Å²) in [6, 6.07) is 0. The average Bonchev–Trinajstić information content (AvgIpc) is 2.38. The summed E-state index contributed by atoms with van der Waals surface area (Å²) in [5.41, 5.74) is 0.405. The van der Waals surface area contributed by atoms with E-state index < -0.39 is 0 Å². The van der Waals surface area contributed by atoms with E-state index in [4.69, 9.17) is 0 Å². The summed E-state index contributed by atoms with van der Waals surface area (Å²) in [4.78, 5) is 10.8. The number of carbonyl (C=O) groups excluding carboxylic acids is 1. The van der Waals surface area contributed by atoms with Gasteiger partial charge in [-0.25, -0.2) is 0 Å². The molecule has 9 heavy (non-hydrogen) atoms. The molecule has 0 aromatic carbocycles. The highest BCUT2D eigenvalue weighted by atomic mass is 16.1. The summed E-state index contributed by atoms with van der Waals surface area (Å²) in [5.74, 6) is 1.04. The fourth-order valence-electron chi connectivity index (χ4n) is 1.71. The molecule has 0 aromatic heterocycles. The lowest BCUT2D eigenvalue weighted by molar-refractivity contribution is -0.123. The van der Waals surface area contributed by atoms with Crippen LogP contribution in [0.4, 0.5) is 0 Å². The molecule has 0 radical (unpaired) electrons. The van der Waals surface area contributed by atoms with Gasteiger partial charge in [0.25, 0.3) is 0 Å². The number of amides is 1. The van der Waals surface area contributed by atoms with Crippen LogP contribution in [0.15, 0.2) is 0 Å². The Morgan fingerprint density at radius 1 is 1.78 bits per heavy atom. The van der Waals surface area contributed by atoms with Gasteiger partial charge in [0.05, 0.1) is 0 Å². The van der Waals surface area contributed by atoms with Gasteiger partial charge in [-0.2, -0.15) is 0 Å². The molecular formula is C7H11NO. The number of piperidine rings is 1. The Morgan fingerprint density at radius 3 is 3.11 bits per heavy atom. The number of hydrogen-bond donors (Lipinski definition) is 1. The van der Waals surface area contributed by atoms with E-state index >= 15 is 0 Å². The van der Waals surface area contributed by atoms with Crippen molar-refractivity contribution < 1.29 is 4.79 Å². The molecule has 0 spiro atoms. The lowest BCUT2D eigenvalue weighted by Crippen LogP contribution is -2.33. The van der Waals surface area contributed by atoms with Crippen LogP contribution < -0.4 is 5.32 Å². The maximum absolute atomic E-state index is 10.8. The fourth-order valence-corrected chi connectivity index (χ4v) is 1.71. The van der Waals surface area contributed by atoms with Gasteiger partial charge in [0.15, 0.2) is 0 Å².